The Bertz CT molecular complexity index is 419. The van der Waals surface area contributed by atoms with Crippen molar-refractivity contribution >= 4 is 25.2 Å². The van der Waals surface area contributed by atoms with Crippen molar-refractivity contribution in [1.82, 2.24) is 10.6 Å². The van der Waals surface area contributed by atoms with Crippen LogP contribution in [0.15, 0.2) is 0 Å². The summed E-state index contributed by atoms with van der Waals surface area (Å²) in [6.07, 6.45) is -0.150. The van der Waals surface area contributed by atoms with Gasteiger partial charge in [-0.15, -0.1) is 0 Å². The van der Waals surface area contributed by atoms with E-state index >= 15 is 0 Å². The molecular weight excluding hydrogens is 287 g/mol. The van der Waals surface area contributed by atoms with Crippen LogP contribution in [0.3, 0.4) is 0 Å². The molecule has 0 aliphatic carbocycles. The normalized spacial score (nSPS) is 16.6. The molecule has 0 radical (unpaired) electrons. The van der Waals surface area contributed by atoms with E-state index in [9.17, 15) is 18.9 Å². The highest BCUT2D eigenvalue weighted by Gasteiger charge is 2.25. The van der Waals surface area contributed by atoms with Gasteiger partial charge in [0, 0.05) is 19.2 Å². The Labute approximate surface area is 117 Å². The van der Waals surface area contributed by atoms with Gasteiger partial charge < -0.3 is 20.6 Å². The molecule has 20 heavy (non-hydrogen) atoms. The Balaban J connectivity index is 4.51. The van der Waals surface area contributed by atoms with Gasteiger partial charge in [0.15, 0.2) is 7.37 Å². The summed E-state index contributed by atoms with van der Waals surface area (Å²) in [5.41, 5.74) is 0. The minimum Gasteiger partial charge on any atom is -0.480 e. The number of carboxylic acids is 1. The van der Waals surface area contributed by atoms with Crippen molar-refractivity contribution in [2.24, 2.45) is 0 Å². The second-order valence-electron chi connectivity index (χ2n) is 4.61. The molecule has 0 aromatic heterocycles. The third-order valence-electron chi connectivity index (χ3n) is 2.54. The minimum atomic E-state index is -3.34. The summed E-state index contributed by atoms with van der Waals surface area (Å²) in [7, 11) is -3.34. The van der Waals surface area contributed by atoms with E-state index in [-0.39, 0.29) is 24.9 Å². The number of rotatable bonds is 8. The van der Waals surface area contributed by atoms with Gasteiger partial charge in [0.1, 0.15) is 12.1 Å². The van der Waals surface area contributed by atoms with E-state index in [1.165, 1.54) is 6.92 Å². The third kappa shape index (κ3) is 7.91. The first kappa shape index (κ1) is 18.6. The summed E-state index contributed by atoms with van der Waals surface area (Å²) in [6, 6.07) is -2.13. The van der Waals surface area contributed by atoms with E-state index in [1.807, 2.05) is 0 Å². The lowest BCUT2D eigenvalue weighted by atomic mass is 10.2. The Kier molecular flexibility index (Phi) is 7.45. The number of aliphatic carboxylic acids is 1. The van der Waals surface area contributed by atoms with E-state index in [0.29, 0.717) is 0 Å². The first-order valence-corrected chi connectivity index (χ1v) is 8.47. The number of hydrogen-bond donors (Lipinski definition) is 4. The summed E-state index contributed by atoms with van der Waals surface area (Å²) >= 11 is 0. The lowest BCUT2D eigenvalue weighted by Crippen LogP contribution is -2.50. The fourth-order valence-electron chi connectivity index (χ4n) is 1.33. The van der Waals surface area contributed by atoms with Crippen molar-refractivity contribution in [1.29, 1.82) is 0 Å². The molecule has 4 N–H and O–H groups in total. The zero-order chi connectivity index (χ0) is 15.9. The average molecular weight is 308 g/mol. The Morgan fingerprint density at radius 1 is 1.25 bits per heavy atom. The van der Waals surface area contributed by atoms with Gasteiger partial charge in [0.2, 0.25) is 11.8 Å². The third-order valence-corrected chi connectivity index (χ3v) is 3.63. The first-order valence-electron chi connectivity index (χ1n) is 6.18. The lowest BCUT2D eigenvalue weighted by Gasteiger charge is -2.19. The largest absolute Gasteiger partial charge is 0.480 e. The summed E-state index contributed by atoms with van der Waals surface area (Å²) in [4.78, 5) is 43.0. The first-order chi connectivity index (χ1) is 9.06. The van der Waals surface area contributed by atoms with Gasteiger partial charge in [-0.25, -0.2) is 4.79 Å². The van der Waals surface area contributed by atoms with Crippen molar-refractivity contribution < 1.29 is 28.9 Å². The SMILES string of the molecule is CCC(=O)N[C@@H](C)C(=O)N[C@@H](CCP(C)(=O)O)C(=O)O. The molecule has 0 bridgehead atoms. The smallest absolute Gasteiger partial charge is 0.326 e. The fraction of sp³-hybridized carbons (Fsp3) is 0.727. The van der Waals surface area contributed by atoms with Crippen LogP contribution in [-0.4, -0.2) is 52.7 Å². The van der Waals surface area contributed by atoms with Gasteiger partial charge in [-0.2, -0.15) is 0 Å². The number of amides is 2. The Hall–Kier alpha value is -1.40. The van der Waals surface area contributed by atoms with Crippen LogP contribution < -0.4 is 10.6 Å². The average Bonchev–Trinajstić information content (AvgIpc) is 2.32. The summed E-state index contributed by atoms with van der Waals surface area (Å²) in [5.74, 6) is -2.27. The summed E-state index contributed by atoms with van der Waals surface area (Å²) < 4.78 is 11.1. The van der Waals surface area contributed by atoms with Gasteiger partial charge in [-0.3, -0.25) is 14.2 Å². The molecule has 0 aromatic rings. The highest BCUT2D eigenvalue weighted by Crippen LogP contribution is 2.35. The van der Waals surface area contributed by atoms with Gasteiger partial charge in [-0.1, -0.05) is 6.92 Å². The molecule has 0 heterocycles. The maximum atomic E-state index is 11.7. The Morgan fingerprint density at radius 3 is 2.20 bits per heavy atom. The van der Waals surface area contributed by atoms with E-state index < -0.39 is 31.3 Å². The number of hydrogen-bond acceptors (Lipinski definition) is 4. The van der Waals surface area contributed by atoms with Gasteiger partial charge >= 0.3 is 5.97 Å². The monoisotopic (exact) mass is 308 g/mol. The molecule has 0 aliphatic heterocycles. The number of carboxylic acid groups (broad SMARTS) is 1. The summed E-state index contributed by atoms with van der Waals surface area (Å²) in [5, 5.41) is 13.6. The number of carbonyl (C=O) groups is 3. The number of carbonyl (C=O) groups excluding carboxylic acids is 2. The van der Waals surface area contributed by atoms with E-state index in [0.717, 1.165) is 6.66 Å². The minimum absolute atomic E-state index is 0.153. The van der Waals surface area contributed by atoms with Crippen LogP contribution in [0.4, 0.5) is 0 Å². The van der Waals surface area contributed by atoms with Crippen LogP contribution in [0.5, 0.6) is 0 Å². The van der Waals surface area contributed by atoms with Crippen LogP contribution in [-0.2, 0) is 18.9 Å². The van der Waals surface area contributed by atoms with Crippen LogP contribution >= 0.6 is 7.37 Å². The zero-order valence-corrected chi connectivity index (χ0v) is 12.6. The Morgan fingerprint density at radius 2 is 1.80 bits per heavy atom. The van der Waals surface area contributed by atoms with Crippen molar-refractivity contribution in [3.05, 3.63) is 0 Å². The molecule has 8 nitrogen and oxygen atoms in total. The molecule has 0 rings (SSSR count). The van der Waals surface area contributed by atoms with Crippen molar-refractivity contribution in [3.8, 4) is 0 Å². The summed E-state index contributed by atoms with van der Waals surface area (Å²) in [6.45, 7) is 4.18. The van der Waals surface area contributed by atoms with Crippen molar-refractivity contribution in [3.63, 3.8) is 0 Å². The maximum absolute atomic E-state index is 11.7. The van der Waals surface area contributed by atoms with Crippen LogP contribution in [0.25, 0.3) is 0 Å². The molecule has 2 amide bonds. The molecule has 0 aromatic carbocycles. The molecule has 1 unspecified atom stereocenters. The topological polar surface area (TPSA) is 133 Å². The molecule has 116 valence electrons. The molecule has 3 atom stereocenters. The predicted molar refractivity (Wildman–Crippen MR) is 72.7 cm³/mol. The number of nitrogens with one attached hydrogen (secondary N) is 2. The van der Waals surface area contributed by atoms with E-state index in [4.69, 9.17) is 10.00 Å². The van der Waals surface area contributed by atoms with Crippen LogP contribution in [0.2, 0.25) is 0 Å². The van der Waals surface area contributed by atoms with Crippen molar-refractivity contribution in [2.75, 3.05) is 12.8 Å². The van der Waals surface area contributed by atoms with E-state index in [2.05, 4.69) is 10.6 Å². The van der Waals surface area contributed by atoms with Gasteiger partial charge in [0.25, 0.3) is 0 Å². The molecule has 0 fully saturated rings. The highest BCUT2D eigenvalue weighted by molar-refractivity contribution is 7.57. The molecular formula is C11H21N2O6P. The molecule has 0 spiro atoms. The molecule has 9 heteroatoms. The quantitative estimate of drug-likeness (QED) is 0.457. The zero-order valence-electron chi connectivity index (χ0n) is 11.8. The second kappa shape index (κ2) is 8.01. The lowest BCUT2D eigenvalue weighted by molar-refractivity contribution is -0.142. The van der Waals surface area contributed by atoms with Crippen molar-refractivity contribution in [2.45, 2.75) is 38.8 Å². The molecule has 0 saturated carbocycles. The predicted octanol–water partition coefficient (Wildman–Crippen LogP) is -0.239. The van der Waals surface area contributed by atoms with Gasteiger partial charge in [0.05, 0.1) is 0 Å². The van der Waals surface area contributed by atoms with E-state index in [1.54, 1.807) is 6.92 Å². The maximum Gasteiger partial charge on any atom is 0.326 e. The highest BCUT2D eigenvalue weighted by atomic mass is 31.2. The van der Waals surface area contributed by atoms with Crippen LogP contribution in [0, 0.1) is 0 Å². The molecule has 0 saturated heterocycles. The standard InChI is InChI=1S/C11H21N2O6P/c1-4-9(14)12-7(2)10(15)13-8(11(16)17)5-6-20(3,18)19/h7-8H,4-6H2,1-3H3,(H,12,14)(H,13,15)(H,16,17)(H,18,19)/t7-,8-/m0/s1. The van der Waals surface area contributed by atoms with Gasteiger partial charge in [-0.05, 0) is 13.3 Å². The van der Waals surface area contributed by atoms with Crippen LogP contribution in [0.1, 0.15) is 26.7 Å². The fourth-order valence-corrected chi connectivity index (χ4v) is 2.07. The molecule has 0 aliphatic rings. The second-order valence-corrected chi connectivity index (χ2v) is 7.15.